The number of halogens is 3. The van der Waals surface area contributed by atoms with Crippen LogP contribution in [-0.4, -0.2) is 10.1 Å². The van der Waals surface area contributed by atoms with E-state index in [1.54, 1.807) is 0 Å². The van der Waals surface area contributed by atoms with Gasteiger partial charge in [-0.3, -0.25) is 4.98 Å². The van der Waals surface area contributed by atoms with Crippen molar-refractivity contribution >= 4 is 0 Å². The van der Waals surface area contributed by atoms with Crippen molar-refractivity contribution in [2.45, 2.75) is 96.1 Å². The number of hydrogen-bond donors (Lipinski definition) is 1. The molecule has 0 saturated heterocycles. The van der Waals surface area contributed by atoms with Crippen LogP contribution in [0, 0.1) is 5.41 Å². The first-order valence-electron chi connectivity index (χ1n) is 12.0. The topological polar surface area (TPSA) is 42.4 Å². The van der Waals surface area contributed by atoms with E-state index in [4.69, 9.17) is 9.72 Å². The average molecular weight is 460 g/mol. The second-order valence-corrected chi connectivity index (χ2v) is 11.2. The summed E-state index contributed by atoms with van der Waals surface area (Å²) in [5.41, 5.74) is 4.40. The zero-order chi connectivity index (χ0) is 23.8. The minimum absolute atomic E-state index is 0.0446. The third-order valence-electron chi connectivity index (χ3n) is 7.67. The van der Waals surface area contributed by atoms with Crippen LogP contribution in [0.15, 0.2) is 24.3 Å². The monoisotopic (exact) mass is 459 g/mol. The summed E-state index contributed by atoms with van der Waals surface area (Å²) < 4.78 is 46.3. The highest BCUT2D eigenvalue weighted by molar-refractivity contribution is 5.54. The molecule has 1 aromatic carbocycles. The Hall–Kier alpha value is -1.92. The molecule has 1 saturated carbocycles. The molecule has 2 aliphatic carbocycles. The van der Waals surface area contributed by atoms with Gasteiger partial charge in [-0.2, -0.15) is 13.2 Å². The summed E-state index contributed by atoms with van der Waals surface area (Å²) in [5, 5.41) is 11.3. The summed E-state index contributed by atoms with van der Waals surface area (Å²) in [7, 11) is 0. The number of pyridine rings is 1. The number of aliphatic hydroxyl groups excluding tert-OH is 1. The van der Waals surface area contributed by atoms with Gasteiger partial charge in [0.1, 0.15) is 6.10 Å². The maximum Gasteiger partial charge on any atom is 0.416 e. The lowest BCUT2D eigenvalue weighted by atomic mass is 9.70. The molecule has 178 valence electrons. The highest BCUT2D eigenvalue weighted by Gasteiger charge is 2.52. The van der Waals surface area contributed by atoms with E-state index in [2.05, 4.69) is 27.7 Å². The van der Waals surface area contributed by atoms with Crippen LogP contribution < -0.4 is 0 Å². The second-order valence-electron chi connectivity index (χ2n) is 11.2. The standard InChI is InChI=1S/C27H32F3NO2/c1-15(2)23-21-22(20-18(31-23)13-25(3,4)14-19(20)32)26(11-5-6-12-26)33-24(21)16-7-9-17(10-8-16)27(28,29)30/h7-10,15,19,24,32H,5-6,11-14H2,1-4H3/t19-,24+/m0/s1. The summed E-state index contributed by atoms with van der Waals surface area (Å²) in [4.78, 5) is 5.10. The Morgan fingerprint density at radius 1 is 1.06 bits per heavy atom. The van der Waals surface area contributed by atoms with E-state index in [9.17, 15) is 18.3 Å². The minimum Gasteiger partial charge on any atom is -0.388 e. The Kier molecular flexibility index (Phi) is 5.22. The van der Waals surface area contributed by atoms with Crippen molar-refractivity contribution in [3.63, 3.8) is 0 Å². The molecule has 0 unspecified atom stereocenters. The average Bonchev–Trinajstić information content (AvgIpc) is 3.31. The molecule has 5 rings (SSSR count). The zero-order valence-electron chi connectivity index (χ0n) is 19.7. The van der Waals surface area contributed by atoms with Gasteiger partial charge in [0.15, 0.2) is 0 Å². The van der Waals surface area contributed by atoms with Crippen LogP contribution in [0.25, 0.3) is 0 Å². The molecule has 2 aromatic rings. The molecule has 1 N–H and O–H groups in total. The van der Waals surface area contributed by atoms with Gasteiger partial charge in [-0.25, -0.2) is 0 Å². The van der Waals surface area contributed by atoms with E-state index in [0.29, 0.717) is 12.0 Å². The fourth-order valence-corrected chi connectivity index (χ4v) is 6.26. The Balaban J connectivity index is 1.73. The van der Waals surface area contributed by atoms with Gasteiger partial charge in [-0.1, -0.05) is 52.7 Å². The first-order valence-corrected chi connectivity index (χ1v) is 12.0. The van der Waals surface area contributed by atoms with Crippen LogP contribution in [0.1, 0.15) is 117 Å². The molecule has 2 atom stereocenters. The van der Waals surface area contributed by atoms with E-state index in [-0.39, 0.29) is 11.3 Å². The van der Waals surface area contributed by atoms with Crippen LogP contribution in [0.2, 0.25) is 0 Å². The van der Waals surface area contributed by atoms with Crippen LogP contribution in [0.3, 0.4) is 0 Å². The fourth-order valence-electron chi connectivity index (χ4n) is 6.26. The van der Waals surface area contributed by atoms with Gasteiger partial charge in [0, 0.05) is 22.5 Å². The lowest BCUT2D eigenvalue weighted by molar-refractivity contribution is -0.137. The molecule has 1 aliphatic heterocycles. The maximum absolute atomic E-state index is 13.2. The van der Waals surface area contributed by atoms with E-state index in [1.165, 1.54) is 12.1 Å². The number of benzene rings is 1. The SMILES string of the molecule is CC(C)c1nc2c(c3c1[C@@H](c1ccc(C(F)(F)F)cc1)OC31CCCC1)[C@@H](O)CC(C)(C)C2. The molecular formula is C27H32F3NO2. The van der Waals surface area contributed by atoms with E-state index in [0.717, 1.165) is 72.3 Å². The molecule has 1 spiro atoms. The molecule has 33 heavy (non-hydrogen) atoms. The smallest absolute Gasteiger partial charge is 0.388 e. The fraction of sp³-hybridized carbons (Fsp3) is 0.593. The molecule has 3 aliphatic rings. The van der Waals surface area contributed by atoms with Crippen LogP contribution in [0.4, 0.5) is 13.2 Å². The van der Waals surface area contributed by atoms with Crippen molar-refractivity contribution in [3.05, 3.63) is 63.5 Å². The van der Waals surface area contributed by atoms with Crippen molar-refractivity contribution in [1.29, 1.82) is 0 Å². The highest BCUT2D eigenvalue weighted by Crippen LogP contribution is 2.59. The number of alkyl halides is 3. The van der Waals surface area contributed by atoms with Gasteiger partial charge >= 0.3 is 6.18 Å². The number of ether oxygens (including phenoxy) is 1. The van der Waals surface area contributed by atoms with Crippen molar-refractivity contribution < 1.29 is 23.0 Å². The Morgan fingerprint density at radius 3 is 2.27 bits per heavy atom. The molecule has 3 nitrogen and oxygen atoms in total. The van der Waals surface area contributed by atoms with Crippen molar-refractivity contribution in [3.8, 4) is 0 Å². The highest BCUT2D eigenvalue weighted by atomic mass is 19.4. The van der Waals surface area contributed by atoms with Gasteiger partial charge in [-0.15, -0.1) is 0 Å². The Morgan fingerprint density at radius 2 is 1.70 bits per heavy atom. The van der Waals surface area contributed by atoms with E-state index in [1.807, 2.05) is 0 Å². The normalized spacial score (nSPS) is 25.5. The summed E-state index contributed by atoms with van der Waals surface area (Å²) in [6, 6.07) is 5.34. The number of hydrogen-bond acceptors (Lipinski definition) is 3. The van der Waals surface area contributed by atoms with Gasteiger partial charge < -0.3 is 9.84 Å². The van der Waals surface area contributed by atoms with Crippen LogP contribution in [0.5, 0.6) is 0 Å². The molecule has 0 amide bonds. The first-order chi connectivity index (χ1) is 15.4. The largest absolute Gasteiger partial charge is 0.416 e. The third-order valence-corrected chi connectivity index (χ3v) is 7.67. The number of rotatable bonds is 2. The summed E-state index contributed by atoms with van der Waals surface area (Å²) >= 11 is 0. The molecule has 2 heterocycles. The van der Waals surface area contributed by atoms with E-state index < -0.39 is 29.5 Å². The number of fused-ring (bicyclic) bond motifs is 4. The summed E-state index contributed by atoms with van der Waals surface area (Å²) in [5.74, 6) is 0.128. The van der Waals surface area contributed by atoms with Crippen molar-refractivity contribution in [2.24, 2.45) is 5.41 Å². The van der Waals surface area contributed by atoms with Crippen molar-refractivity contribution in [1.82, 2.24) is 4.98 Å². The second kappa shape index (κ2) is 7.54. The van der Waals surface area contributed by atoms with Gasteiger partial charge in [-0.05, 0) is 60.3 Å². The summed E-state index contributed by atoms with van der Waals surface area (Å²) in [6.45, 7) is 8.53. The quantitative estimate of drug-likeness (QED) is 0.520. The first kappa shape index (κ1) is 22.9. The minimum atomic E-state index is -4.37. The van der Waals surface area contributed by atoms with E-state index >= 15 is 0 Å². The van der Waals surface area contributed by atoms with Crippen LogP contribution in [-0.2, 0) is 22.9 Å². The molecule has 1 fully saturated rings. The lowest BCUT2D eigenvalue weighted by Gasteiger charge is -2.38. The number of nitrogens with zero attached hydrogens (tertiary/aromatic N) is 1. The van der Waals surface area contributed by atoms with Crippen molar-refractivity contribution in [2.75, 3.05) is 0 Å². The molecular weight excluding hydrogens is 427 g/mol. The van der Waals surface area contributed by atoms with Gasteiger partial charge in [0.25, 0.3) is 0 Å². The zero-order valence-corrected chi connectivity index (χ0v) is 19.7. The Labute approximate surface area is 193 Å². The molecule has 6 heteroatoms. The maximum atomic E-state index is 13.2. The predicted octanol–water partition coefficient (Wildman–Crippen LogP) is 7.12. The van der Waals surface area contributed by atoms with Gasteiger partial charge in [0.05, 0.1) is 17.3 Å². The number of aliphatic hydroxyl groups is 1. The molecule has 1 aromatic heterocycles. The van der Waals surface area contributed by atoms with Crippen LogP contribution >= 0.6 is 0 Å². The van der Waals surface area contributed by atoms with Gasteiger partial charge in [0.2, 0.25) is 0 Å². The number of aromatic nitrogens is 1. The molecule has 0 bridgehead atoms. The third kappa shape index (κ3) is 3.70. The Bertz CT molecular complexity index is 1070. The molecule has 0 radical (unpaired) electrons. The lowest BCUT2D eigenvalue weighted by Crippen LogP contribution is -2.32. The summed E-state index contributed by atoms with van der Waals surface area (Å²) in [6.07, 6.45) is -0.202. The predicted molar refractivity (Wildman–Crippen MR) is 120 cm³/mol.